The zero-order valence-corrected chi connectivity index (χ0v) is 17.3. The molecule has 154 valence electrons. The molecule has 1 amide bonds. The Labute approximate surface area is 175 Å². The number of Topliss-reactive ketones (excluding diaryl/α,β-unsaturated/α-hetero) is 1. The summed E-state index contributed by atoms with van der Waals surface area (Å²) in [5.41, 5.74) is 4.58. The van der Waals surface area contributed by atoms with Gasteiger partial charge < -0.3 is 14.6 Å². The van der Waals surface area contributed by atoms with Gasteiger partial charge in [-0.3, -0.25) is 14.4 Å². The summed E-state index contributed by atoms with van der Waals surface area (Å²) < 4.78 is 7.05. The van der Waals surface area contributed by atoms with Crippen LogP contribution in [0.3, 0.4) is 0 Å². The molecule has 30 heavy (non-hydrogen) atoms. The van der Waals surface area contributed by atoms with E-state index in [0.29, 0.717) is 11.1 Å². The average molecular weight is 404 g/mol. The van der Waals surface area contributed by atoms with Crippen LogP contribution in [0.4, 0.5) is 0 Å². The van der Waals surface area contributed by atoms with Crippen LogP contribution in [0.25, 0.3) is 5.69 Å². The second-order valence-electron chi connectivity index (χ2n) is 7.09. The number of ether oxygens (including phenoxy) is 1. The highest BCUT2D eigenvalue weighted by Crippen LogP contribution is 2.21. The number of rotatable bonds is 7. The van der Waals surface area contributed by atoms with Crippen LogP contribution in [-0.2, 0) is 9.53 Å². The summed E-state index contributed by atoms with van der Waals surface area (Å²) in [6.07, 6.45) is 0. The van der Waals surface area contributed by atoms with Crippen LogP contribution in [0.2, 0.25) is 0 Å². The van der Waals surface area contributed by atoms with E-state index < -0.39 is 5.97 Å². The van der Waals surface area contributed by atoms with E-state index in [1.165, 1.54) is 0 Å². The van der Waals surface area contributed by atoms with Gasteiger partial charge >= 0.3 is 5.97 Å². The summed E-state index contributed by atoms with van der Waals surface area (Å²) >= 11 is 0. The molecule has 0 aliphatic carbocycles. The van der Waals surface area contributed by atoms with Crippen molar-refractivity contribution in [3.8, 4) is 5.69 Å². The number of aromatic nitrogens is 1. The van der Waals surface area contributed by atoms with Gasteiger partial charge in [0.1, 0.15) is 6.54 Å². The predicted molar refractivity (Wildman–Crippen MR) is 114 cm³/mol. The van der Waals surface area contributed by atoms with E-state index in [2.05, 4.69) is 5.32 Å². The molecule has 1 heterocycles. The van der Waals surface area contributed by atoms with Crippen molar-refractivity contribution < 1.29 is 19.1 Å². The Morgan fingerprint density at radius 1 is 0.933 bits per heavy atom. The fourth-order valence-electron chi connectivity index (χ4n) is 3.34. The van der Waals surface area contributed by atoms with Gasteiger partial charge in [0.2, 0.25) is 5.78 Å². The predicted octanol–water partition coefficient (Wildman–Crippen LogP) is 3.56. The highest BCUT2D eigenvalue weighted by atomic mass is 16.5. The van der Waals surface area contributed by atoms with Crippen molar-refractivity contribution in [3.63, 3.8) is 0 Å². The first-order chi connectivity index (χ1) is 14.4. The molecule has 0 aliphatic heterocycles. The summed E-state index contributed by atoms with van der Waals surface area (Å²) in [5, 5.41) is 2.51. The summed E-state index contributed by atoms with van der Waals surface area (Å²) in [4.78, 5) is 36.6. The molecule has 2 aromatic carbocycles. The largest absolute Gasteiger partial charge is 0.456 e. The quantitative estimate of drug-likeness (QED) is 0.483. The third-order valence-electron chi connectivity index (χ3n) is 4.78. The lowest BCUT2D eigenvalue weighted by Gasteiger charge is -2.10. The third-order valence-corrected chi connectivity index (χ3v) is 4.78. The van der Waals surface area contributed by atoms with Crippen molar-refractivity contribution in [2.24, 2.45) is 0 Å². The fourth-order valence-corrected chi connectivity index (χ4v) is 3.34. The number of nitrogens with zero attached hydrogens (tertiary/aromatic N) is 1. The number of carbonyl (C=O) groups excluding carboxylic acids is 3. The Balaban J connectivity index is 1.57. The second-order valence-corrected chi connectivity index (χ2v) is 7.09. The molecule has 0 fully saturated rings. The van der Waals surface area contributed by atoms with E-state index >= 15 is 0 Å². The van der Waals surface area contributed by atoms with E-state index in [1.807, 2.05) is 61.7 Å². The normalized spacial score (nSPS) is 10.5. The maximum Gasteiger partial charge on any atom is 0.325 e. The van der Waals surface area contributed by atoms with E-state index in [-0.39, 0.29) is 24.8 Å². The summed E-state index contributed by atoms with van der Waals surface area (Å²) in [7, 11) is 0. The molecule has 3 aromatic rings. The van der Waals surface area contributed by atoms with Crippen molar-refractivity contribution in [2.45, 2.75) is 20.8 Å². The first-order valence-electron chi connectivity index (χ1n) is 9.65. The van der Waals surface area contributed by atoms with Gasteiger partial charge in [0, 0.05) is 28.2 Å². The zero-order valence-electron chi connectivity index (χ0n) is 17.3. The molecule has 0 saturated heterocycles. The van der Waals surface area contributed by atoms with E-state index in [0.717, 1.165) is 22.6 Å². The molecule has 1 aromatic heterocycles. The molecule has 0 saturated carbocycles. The van der Waals surface area contributed by atoms with Gasteiger partial charge in [-0.2, -0.15) is 0 Å². The Bertz CT molecular complexity index is 1080. The number of para-hydroxylation sites is 1. The van der Waals surface area contributed by atoms with Crippen molar-refractivity contribution in [1.29, 1.82) is 0 Å². The minimum atomic E-state index is -0.666. The Morgan fingerprint density at radius 2 is 1.67 bits per heavy atom. The molecule has 0 radical (unpaired) electrons. The Morgan fingerprint density at radius 3 is 2.37 bits per heavy atom. The number of benzene rings is 2. The van der Waals surface area contributed by atoms with Gasteiger partial charge in [-0.25, -0.2) is 0 Å². The SMILES string of the molecule is Cc1cccc(C(=O)NCC(=O)OCC(=O)c2cc(C)n(-c3ccccc3)c2C)c1. The second kappa shape index (κ2) is 9.22. The summed E-state index contributed by atoms with van der Waals surface area (Å²) in [6.45, 7) is 4.98. The van der Waals surface area contributed by atoms with E-state index in [1.54, 1.807) is 24.3 Å². The number of carbonyl (C=O) groups is 3. The highest BCUT2D eigenvalue weighted by molar-refractivity contribution is 6.00. The van der Waals surface area contributed by atoms with Crippen LogP contribution in [0.5, 0.6) is 0 Å². The van der Waals surface area contributed by atoms with Gasteiger partial charge in [0.15, 0.2) is 6.61 Å². The Hall–Kier alpha value is -3.67. The molecule has 3 rings (SSSR count). The number of aryl methyl sites for hydroxylation is 2. The number of nitrogens with one attached hydrogen (secondary N) is 1. The molecule has 1 N–H and O–H groups in total. The van der Waals surface area contributed by atoms with Gasteiger partial charge in [-0.1, -0.05) is 35.9 Å². The third kappa shape index (κ3) is 4.84. The van der Waals surface area contributed by atoms with E-state index in [9.17, 15) is 14.4 Å². The molecule has 6 nitrogen and oxygen atoms in total. The number of hydrogen-bond donors (Lipinski definition) is 1. The monoisotopic (exact) mass is 404 g/mol. The summed E-state index contributed by atoms with van der Waals surface area (Å²) in [6, 6.07) is 18.6. The highest BCUT2D eigenvalue weighted by Gasteiger charge is 2.18. The van der Waals surface area contributed by atoms with Gasteiger partial charge in [0.05, 0.1) is 0 Å². The van der Waals surface area contributed by atoms with Gasteiger partial charge in [-0.15, -0.1) is 0 Å². The molecule has 0 bridgehead atoms. The molecule has 0 spiro atoms. The molecule has 0 aliphatic rings. The maximum absolute atomic E-state index is 12.6. The van der Waals surface area contributed by atoms with Gasteiger partial charge in [0.25, 0.3) is 5.91 Å². The lowest BCUT2D eigenvalue weighted by molar-refractivity contribution is -0.141. The van der Waals surface area contributed by atoms with Crippen LogP contribution in [0.15, 0.2) is 60.7 Å². The lowest BCUT2D eigenvalue weighted by atomic mass is 10.1. The molecular formula is C24H24N2O4. The Kier molecular flexibility index (Phi) is 6.47. The minimum absolute atomic E-state index is 0.288. The van der Waals surface area contributed by atoms with Crippen LogP contribution in [0, 0.1) is 20.8 Å². The van der Waals surface area contributed by atoms with Crippen LogP contribution >= 0.6 is 0 Å². The molecular weight excluding hydrogens is 380 g/mol. The number of amides is 1. The first-order valence-corrected chi connectivity index (χ1v) is 9.65. The van der Waals surface area contributed by atoms with Crippen molar-refractivity contribution in [3.05, 3.63) is 88.7 Å². The minimum Gasteiger partial charge on any atom is -0.456 e. The topological polar surface area (TPSA) is 77.4 Å². The van der Waals surface area contributed by atoms with Crippen molar-refractivity contribution in [1.82, 2.24) is 9.88 Å². The average Bonchev–Trinajstić information content (AvgIpc) is 3.04. The maximum atomic E-state index is 12.6. The fraction of sp³-hybridized carbons (Fsp3) is 0.208. The van der Waals surface area contributed by atoms with Crippen LogP contribution < -0.4 is 5.32 Å². The number of hydrogen-bond acceptors (Lipinski definition) is 4. The van der Waals surface area contributed by atoms with E-state index in [4.69, 9.17) is 4.74 Å². The molecule has 0 unspecified atom stereocenters. The molecule has 0 atom stereocenters. The van der Waals surface area contributed by atoms with Crippen molar-refractivity contribution >= 4 is 17.7 Å². The number of ketones is 1. The standard InChI is InChI=1S/C24H24N2O4/c1-16-8-7-9-19(12-16)24(29)25-14-23(28)30-15-22(27)21-13-17(2)26(18(21)3)20-10-5-4-6-11-20/h4-13H,14-15H2,1-3H3,(H,25,29). The van der Waals surface area contributed by atoms with Crippen LogP contribution in [0.1, 0.15) is 37.7 Å². The smallest absolute Gasteiger partial charge is 0.325 e. The number of esters is 1. The lowest BCUT2D eigenvalue weighted by Crippen LogP contribution is -2.31. The van der Waals surface area contributed by atoms with Crippen LogP contribution in [-0.4, -0.2) is 35.4 Å². The van der Waals surface area contributed by atoms with Crippen molar-refractivity contribution in [2.75, 3.05) is 13.2 Å². The zero-order chi connectivity index (χ0) is 21.7. The summed E-state index contributed by atoms with van der Waals surface area (Å²) in [5.74, 6) is -1.32. The molecule has 6 heteroatoms. The first kappa shape index (κ1) is 21.0. The van der Waals surface area contributed by atoms with Gasteiger partial charge in [-0.05, 0) is 51.1 Å².